The molecular weight excluding hydrogens is 322 g/mol. The molecule has 0 saturated heterocycles. The van der Waals surface area contributed by atoms with Crippen molar-refractivity contribution < 1.29 is 13.2 Å². The van der Waals surface area contributed by atoms with E-state index in [4.69, 9.17) is 11.6 Å². The van der Waals surface area contributed by atoms with Crippen molar-refractivity contribution in [3.8, 4) is 0 Å². The zero-order valence-corrected chi connectivity index (χ0v) is 13.9. The molecule has 6 heteroatoms. The number of nitrogens with one attached hydrogen (secondary N) is 1. The maximum atomic E-state index is 12.2. The Morgan fingerprint density at radius 3 is 2.68 bits per heavy atom. The van der Waals surface area contributed by atoms with Crippen molar-refractivity contribution in [2.24, 2.45) is 0 Å². The predicted molar refractivity (Wildman–Crippen MR) is 86.7 cm³/mol. The second kappa shape index (κ2) is 6.20. The van der Waals surface area contributed by atoms with Gasteiger partial charge in [-0.3, -0.25) is 4.79 Å². The van der Waals surface area contributed by atoms with Gasteiger partial charge in [0.2, 0.25) is 5.91 Å². The van der Waals surface area contributed by atoms with Gasteiger partial charge in [-0.25, -0.2) is 8.42 Å². The van der Waals surface area contributed by atoms with Crippen LogP contribution in [0.5, 0.6) is 0 Å². The van der Waals surface area contributed by atoms with Crippen LogP contribution in [-0.4, -0.2) is 25.3 Å². The Bertz CT molecular complexity index is 681. The summed E-state index contributed by atoms with van der Waals surface area (Å²) in [5, 5.41) is 3.24. The van der Waals surface area contributed by atoms with E-state index in [9.17, 15) is 13.2 Å². The van der Waals surface area contributed by atoms with Crippen LogP contribution in [0.1, 0.15) is 49.3 Å². The lowest BCUT2D eigenvalue weighted by atomic mass is 10.1. The molecule has 0 radical (unpaired) electrons. The first-order chi connectivity index (χ1) is 10.5. The molecule has 0 aromatic heterocycles. The molecule has 0 aliphatic heterocycles. The summed E-state index contributed by atoms with van der Waals surface area (Å²) in [6, 6.07) is 5.54. The lowest BCUT2D eigenvalue weighted by molar-refractivity contribution is -0.119. The van der Waals surface area contributed by atoms with Gasteiger partial charge >= 0.3 is 0 Å². The molecule has 1 aromatic carbocycles. The highest BCUT2D eigenvalue weighted by Gasteiger charge is 2.32. The Morgan fingerprint density at radius 2 is 1.95 bits per heavy atom. The first-order valence-corrected chi connectivity index (χ1v) is 9.84. The highest BCUT2D eigenvalue weighted by atomic mass is 35.5. The Labute approximate surface area is 136 Å². The fourth-order valence-corrected chi connectivity index (χ4v) is 5.45. The number of benzene rings is 1. The summed E-state index contributed by atoms with van der Waals surface area (Å²) in [6.45, 7) is 0. The second-order valence-corrected chi connectivity index (χ2v) is 8.93. The average molecular weight is 342 g/mol. The Morgan fingerprint density at radius 1 is 1.23 bits per heavy atom. The van der Waals surface area contributed by atoms with Crippen LogP contribution in [0.15, 0.2) is 18.2 Å². The Kier molecular flexibility index (Phi) is 4.46. The molecule has 0 heterocycles. The van der Waals surface area contributed by atoms with Crippen molar-refractivity contribution in [3.05, 3.63) is 34.3 Å². The Balaban J connectivity index is 1.64. The maximum absolute atomic E-state index is 12.2. The van der Waals surface area contributed by atoms with Gasteiger partial charge in [-0.2, -0.15) is 0 Å². The van der Waals surface area contributed by atoms with E-state index in [0.717, 1.165) is 36.8 Å². The van der Waals surface area contributed by atoms with Crippen molar-refractivity contribution in [1.82, 2.24) is 5.32 Å². The van der Waals surface area contributed by atoms with Crippen LogP contribution >= 0.6 is 11.6 Å². The number of sulfone groups is 1. The third-order valence-corrected chi connectivity index (χ3v) is 7.05. The van der Waals surface area contributed by atoms with E-state index in [0.29, 0.717) is 17.9 Å². The minimum absolute atomic E-state index is 0.0986. The number of fused-ring (bicyclic) bond motifs is 1. The summed E-state index contributed by atoms with van der Waals surface area (Å²) in [5.41, 5.74) is 2.19. The maximum Gasteiger partial charge on any atom is 0.235 e. The summed E-state index contributed by atoms with van der Waals surface area (Å²) in [6.07, 6.45) is 4.94. The summed E-state index contributed by atoms with van der Waals surface area (Å²) in [7, 11) is -3.32. The molecule has 2 aliphatic carbocycles. The zero-order chi connectivity index (χ0) is 15.7. The van der Waals surface area contributed by atoms with Crippen LogP contribution in [-0.2, 0) is 21.1 Å². The van der Waals surface area contributed by atoms with E-state index in [2.05, 4.69) is 5.32 Å². The number of aryl methyl sites for hydroxylation is 1. The summed E-state index contributed by atoms with van der Waals surface area (Å²) < 4.78 is 24.5. The third-order valence-electron chi connectivity index (χ3n) is 4.66. The van der Waals surface area contributed by atoms with E-state index < -0.39 is 15.6 Å². The molecule has 1 saturated carbocycles. The van der Waals surface area contributed by atoms with Crippen LogP contribution in [0.2, 0.25) is 5.02 Å². The number of hydrogen-bond donors (Lipinski definition) is 1. The second-order valence-electron chi connectivity index (χ2n) is 6.22. The lowest BCUT2D eigenvalue weighted by Crippen LogP contribution is -2.35. The van der Waals surface area contributed by atoms with Gasteiger partial charge in [-0.05, 0) is 48.9 Å². The van der Waals surface area contributed by atoms with Crippen molar-refractivity contribution >= 4 is 27.3 Å². The van der Waals surface area contributed by atoms with E-state index >= 15 is 0 Å². The van der Waals surface area contributed by atoms with Gasteiger partial charge in [0, 0.05) is 5.02 Å². The van der Waals surface area contributed by atoms with Gasteiger partial charge < -0.3 is 5.32 Å². The number of halogens is 1. The molecule has 1 amide bonds. The molecule has 1 aromatic rings. The number of hydrogen-bond acceptors (Lipinski definition) is 3. The number of amides is 1. The topological polar surface area (TPSA) is 63.2 Å². The fourth-order valence-electron chi connectivity index (χ4n) is 3.52. The van der Waals surface area contributed by atoms with Gasteiger partial charge in [-0.1, -0.05) is 30.5 Å². The standard InChI is InChI=1S/C16H20ClNO3S/c17-12-6-7-14-11(9-12)5-8-15(14)18-16(19)10-22(20,21)13-3-1-2-4-13/h6-7,9,13,15H,1-5,8,10H2,(H,18,19). The normalized spacial score (nSPS) is 21.8. The van der Waals surface area contributed by atoms with Crippen molar-refractivity contribution in [2.75, 3.05) is 5.75 Å². The number of carbonyl (C=O) groups is 1. The van der Waals surface area contributed by atoms with Crippen LogP contribution in [0.4, 0.5) is 0 Å². The van der Waals surface area contributed by atoms with Gasteiger partial charge in [0.25, 0.3) is 0 Å². The Hall–Kier alpha value is -1.07. The summed E-state index contributed by atoms with van der Waals surface area (Å²) in [5.74, 6) is -0.781. The summed E-state index contributed by atoms with van der Waals surface area (Å²) >= 11 is 5.97. The average Bonchev–Trinajstić information content (AvgIpc) is 3.08. The van der Waals surface area contributed by atoms with Gasteiger partial charge in [-0.15, -0.1) is 0 Å². The highest BCUT2D eigenvalue weighted by molar-refractivity contribution is 7.92. The monoisotopic (exact) mass is 341 g/mol. The quantitative estimate of drug-likeness (QED) is 0.915. The van der Waals surface area contributed by atoms with E-state index in [1.807, 2.05) is 12.1 Å². The van der Waals surface area contributed by atoms with Crippen LogP contribution in [0, 0.1) is 0 Å². The highest BCUT2D eigenvalue weighted by Crippen LogP contribution is 2.33. The first-order valence-electron chi connectivity index (χ1n) is 7.75. The molecule has 1 atom stereocenters. The van der Waals surface area contributed by atoms with Gasteiger partial charge in [0.15, 0.2) is 9.84 Å². The zero-order valence-electron chi connectivity index (χ0n) is 12.3. The van der Waals surface area contributed by atoms with Crippen LogP contribution < -0.4 is 5.32 Å². The van der Waals surface area contributed by atoms with Crippen molar-refractivity contribution in [1.29, 1.82) is 0 Å². The molecule has 4 nitrogen and oxygen atoms in total. The number of rotatable bonds is 4. The van der Waals surface area contributed by atoms with Crippen LogP contribution in [0.25, 0.3) is 0 Å². The molecule has 1 N–H and O–H groups in total. The predicted octanol–water partition coefficient (Wildman–Crippen LogP) is 2.80. The van der Waals surface area contributed by atoms with E-state index in [1.165, 1.54) is 0 Å². The smallest absolute Gasteiger partial charge is 0.235 e. The van der Waals surface area contributed by atoms with Crippen molar-refractivity contribution in [2.45, 2.75) is 49.8 Å². The first kappa shape index (κ1) is 15.8. The van der Waals surface area contributed by atoms with Gasteiger partial charge in [0.05, 0.1) is 11.3 Å². The molecule has 1 fully saturated rings. The van der Waals surface area contributed by atoms with E-state index in [-0.39, 0.29) is 17.2 Å². The molecule has 3 rings (SSSR count). The van der Waals surface area contributed by atoms with E-state index in [1.54, 1.807) is 6.07 Å². The summed E-state index contributed by atoms with van der Waals surface area (Å²) in [4.78, 5) is 12.1. The number of carbonyl (C=O) groups excluding carboxylic acids is 1. The van der Waals surface area contributed by atoms with Gasteiger partial charge in [0.1, 0.15) is 5.75 Å². The lowest BCUT2D eigenvalue weighted by Gasteiger charge is -2.16. The SMILES string of the molecule is O=C(CS(=O)(=O)C1CCCC1)NC1CCc2cc(Cl)ccc21. The molecular formula is C16H20ClNO3S. The fraction of sp³-hybridized carbons (Fsp3) is 0.562. The molecule has 120 valence electrons. The molecule has 0 bridgehead atoms. The third kappa shape index (κ3) is 3.30. The minimum atomic E-state index is -3.32. The molecule has 22 heavy (non-hydrogen) atoms. The minimum Gasteiger partial charge on any atom is -0.348 e. The molecule has 1 unspecified atom stereocenters. The largest absolute Gasteiger partial charge is 0.348 e. The molecule has 0 spiro atoms. The van der Waals surface area contributed by atoms with Crippen molar-refractivity contribution in [3.63, 3.8) is 0 Å². The molecule has 2 aliphatic rings. The van der Waals surface area contributed by atoms with Crippen LogP contribution in [0.3, 0.4) is 0 Å².